The first-order valence-electron chi connectivity index (χ1n) is 21.4. The Kier molecular flexibility index (Phi) is 11.4. The van der Waals surface area contributed by atoms with Gasteiger partial charge < -0.3 is 34.8 Å². The fourth-order valence-corrected chi connectivity index (χ4v) is 10.8. The number of benzene rings is 5. The molecule has 0 radical (unpaired) electrons. The summed E-state index contributed by atoms with van der Waals surface area (Å²) >= 11 is 0. The number of nitrogens with one attached hydrogen (secondary N) is 1. The minimum absolute atomic E-state index is 0.0872. The molecule has 11 heteroatoms. The van der Waals surface area contributed by atoms with Gasteiger partial charge in [0.1, 0.15) is 11.5 Å². The van der Waals surface area contributed by atoms with Gasteiger partial charge in [0, 0.05) is 28.4 Å². The van der Waals surface area contributed by atoms with E-state index in [1.54, 1.807) is 7.11 Å². The van der Waals surface area contributed by atoms with Gasteiger partial charge in [0.05, 0.1) is 61.8 Å². The third kappa shape index (κ3) is 6.93. The van der Waals surface area contributed by atoms with Crippen LogP contribution in [0.1, 0.15) is 106 Å². The Morgan fingerprint density at radius 2 is 1.27 bits per heavy atom. The van der Waals surface area contributed by atoms with Crippen LogP contribution in [0.25, 0.3) is 49.2 Å². The van der Waals surface area contributed by atoms with Crippen molar-refractivity contribution in [2.75, 3.05) is 32.2 Å². The van der Waals surface area contributed by atoms with Crippen molar-refractivity contribution in [3.63, 3.8) is 0 Å². The zero-order chi connectivity index (χ0) is 41.7. The third-order valence-corrected chi connectivity index (χ3v) is 13.6. The number of phenolic OH excluding ortho intramolecular Hbond substituents is 1. The van der Waals surface area contributed by atoms with Gasteiger partial charge in [-0.15, -0.1) is 0 Å². The maximum atomic E-state index is 14.5. The molecule has 5 aromatic carbocycles. The average Bonchev–Trinajstić information content (AvgIpc) is 3.39. The summed E-state index contributed by atoms with van der Waals surface area (Å²) in [6, 6.07) is 2.82. The second kappa shape index (κ2) is 16.6. The molecule has 2 saturated carbocycles. The summed E-state index contributed by atoms with van der Waals surface area (Å²) < 4.78 is 16.9. The lowest BCUT2D eigenvalue weighted by Crippen LogP contribution is -2.27. The monoisotopic (exact) mass is 805 g/mol. The molecule has 4 N–H and O–H groups in total. The highest BCUT2D eigenvalue weighted by atomic mass is 16.5. The Hall–Kier alpha value is -5.00. The molecule has 0 unspecified atom stereocenters. The van der Waals surface area contributed by atoms with E-state index in [9.17, 15) is 34.5 Å². The van der Waals surface area contributed by atoms with Gasteiger partial charge in [-0.1, -0.05) is 11.6 Å². The zero-order valence-electron chi connectivity index (χ0n) is 34.6. The summed E-state index contributed by atoms with van der Waals surface area (Å²) in [6.45, 7) is 6.02. The van der Waals surface area contributed by atoms with Gasteiger partial charge in [-0.25, -0.2) is 0 Å². The first-order valence-corrected chi connectivity index (χ1v) is 21.4. The predicted molar refractivity (Wildman–Crippen MR) is 230 cm³/mol. The van der Waals surface area contributed by atoms with Crippen molar-refractivity contribution in [3.8, 4) is 11.5 Å². The molecule has 0 heterocycles. The number of allylic oxidation sites excluding steroid dienone is 1. The van der Waals surface area contributed by atoms with Gasteiger partial charge in [0.2, 0.25) is 0 Å². The van der Waals surface area contributed by atoms with Crippen molar-refractivity contribution in [2.45, 2.75) is 105 Å². The number of rotatable bonds is 13. The Balaban J connectivity index is 1.33. The molecule has 8 rings (SSSR count). The molecule has 0 spiro atoms. The average molecular weight is 806 g/mol. The highest BCUT2D eigenvalue weighted by Crippen LogP contribution is 2.54. The van der Waals surface area contributed by atoms with Gasteiger partial charge in [0.15, 0.2) is 10.9 Å². The fraction of sp³-hybridized carbons (Fsp3) is 0.500. The second-order valence-corrected chi connectivity index (χ2v) is 17.0. The number of ether oxygens (including phenoxy) is 3. The standard InChI is InChI=1S/C48H55NO10/c1-5-58-47(55)27-12-7-25(8-13-27)11-16-31-32-17-24(3)18-33-39-38(32)43-37(30(23-51)20-35(53)41(43)45(31)54)36-29(22-50)19-34(52)40(42(36)39)44(46(33)57-4)49-21-26-9-14-28(15-10-26)48(56)59-6-2/h17,19-20,25-28,49-51,54H,5-16,18,21-23H2,1-4H3. The molecular formula is C48H55NO10. The van der Waals surface area contributed by atoms with E-state index in [2.05, 4.69) is 11.4 Å². The van der Waals surface area contributed by atoms with Crippen LogP contribution in [0.4, 0.5) is 5.69 Å². The van der Waals surface area contributed by atoms with Crippen LogP contribution < -0.4 is 20.9 Å². The van der Waals surface area contributed by atoms with Crippen LogP contribution in [-0.4, -0.2) is 54.1 Å². The van der Waals surface area contributed by atoms with Gasteiger partial charge >= 0.3 is 11.9 Å². The Morgan fingerprint density at radius 3 is 1.81 bits per heavy atom. The normalized spacial score (nSPS) is 20.7. The number of aliphatic hydroxyl groups excluding tert-OH is 2. The molecule has 3 aliphatic carbocycles. The molecule has 0 saturated heterocycles. The van der Waals surface area contributed by atoms with E-state index in [1.807, 2.05) is 20.8 Å². The van der Waals surface area contributed by atoms with Crippen LogP contribution in [0.3, 0.4) is 0 Å². The highest BCUT2D eigenvalue weighted by molar-refractivity contribution is 6.38. The minimum Gasteiger partial charge on any atom is -0.507 e. The highest BCUT2D eigenvalue weighted by Gasteiger charge is 2.34. The summed E-state index contributed by atoms with van der Waals surface area (Å²) in [5.74, 6) is 0.501. The topological polar surface area (TPSA) is 169 Å². The smallest absolute Gasteiger partial charge is 0.308 e. The van der Waals surface area contributed by atoms with Crippen molar-refractivity contribution in [1.29, 1.82) is 0 Å². The largest absolute Gasteiger partial charge is 0.507 e. The summed E-state index contributed by atoms with van der Waals surface area (Å²) in [4.78, 5) is 53.6. The fourth-order valence-electron chi connectivity index (χ4n) is 10.8. The van der Waals surface area contributed by atoms with Crippen molar-refractivity contribution in [2.24, 2.45) is 23.7 Å². The van der Waals surface area contributed by atoms with Crippen molar-refractivity contribution in [3.05, 3.63) is 66.0 Å². The van der Waals surface area contributed by atoms with E-state index < -0.39 is 18.6 Å². The number of carbonyl (C=O) groups excluding carboxylic acids is 2. The van der Waals surface area contributed by atoms with E-state index in [0.29, 0.717) is 93.6 Å². The van der Waals surface area contributed by atoms with Crippen LogP contribution in [0, 0.1) is 23.7 Å². The lowest BCUT2D eigenvalue weighted by Gasteiger charge is -2.29. The molecule has 312 valence electrons. The number of aliphatic hydroxyl groups is 2. The minimum atomic E-state index is -0.468. The number of phenols is 1. The number of esters is 2. The van der Waals surface area contributed by atoms with E-state index in [1.165, 1.54) is 12.1 Å². The lowest BCUT2D eigenvalue weighted by molar-refractivity contribution is -0.150. The Morgan fingerprint density at radius 1 is 0.729 bits per heavy atom. The molecule has 59 heavy (non-hydrogen) atoms. The van der Waals surface area contributed by atoms with Crippen molar-refractivity contribution >= 4 is 66.8 Å². The van der Waals surface area contributed by atoms with E-state index >= 15 is 0 Å². The van der Waals surface area contributed by atoms with Gasteiger partial charge in [0.25, 0.3) is 0 Å². The molecule has 5 aromatic rings. The summed E-state index contributed by atoms with van der Waals surface area (Å²) in [5, 5.41) is 41.9. The molecule has 2 fully saturated rings. The molecule has 0 aromatic heterocycles. The lowest BCUT2D eigenvalue weighted by atomic mass is 9.77. The molecule has 0 aliphatic heterocycles. The van der Waals surface area contributed by atoms with E-state index in [4.69, 9.17) is 14.2 Å². The number of methoxy groups -OCH3 is 1. The maximum absolute atomic E-state index is 14.5. The van der Waals surface area contributed by atoms with Crippen LogP contribution in [0.5, 0.6) is 11.5 Å². The molecule has 11 nitrogen and oxygen atoms in total. The number of fused-ring (bicyclic) bond motifs is 1. The predicted octanol–water partition coefficient (Wildman–Crippen LogP) is 7.64. The van der Waals surface area contributed by atoms with Gasteiger partial charge in [-0.05, 0) is 154 Å². The van der Waals surface area contributed by atoms with Crippen LogP contribution in [0.15, 0.2) is 27.3 Å². The number of aromatic hydroxyl groups is 1. The molecule has 3 aliphatic rings. The Labute approximate surface area is 343 Å². The van der Waals surface area contributed by atoms with Crippen molar-refractivity contribution < 1.29 is 39.1 Å². The first-order chi connectivity index (χ1) is 28.5. The summed E-state index contributed by atoms with van der Waals surface area (Å²) in [6.07, 6.45) is 10.1. The Bertz CT molecular complexity index is 2600. The summed E-state index contributed by atoms with van der Waals surface area (Å²) in [7, 11) is 1.60. The van der Waals surface area contributed by atoms with Crippen LogP contribution >= 0.6 is 0 Å². The number of hydrogen-bond acceptors (Lipinski definition) is 11. The van der Waals surface area contributed by atoms with Gasteiger partial charge in [-0.2, -0.15) is 0 Å². The molecule has 0 amide bonds. The summed E-state index contributed by atoms with van der Waals surface area (Å²) in [5.41, 5.74) is 3.84. The van der Waals surface area contributed by atoms with E-state index in [0.717, 1.165) is 85.3 Å². The quantitative estimate of drug-likeness (QED) is 0.0525. The zero-order valence-corrected chi connectivity index (χ0v) is 34.6. The van der Waals surface area contributed by atoms with Gasteiger partial charge in [-0.3, -0.25) is 19.2 Å². The SMILES string of the molecule is CCOC(=O)C1CCC(CCc2c(O)c3c(=O)cc(CO)c4c5c(CO)cc(=O)c6c(NCC7CCC(C(=O)OCC)CC7)c(OC)c7c(c(c2C=C(C)C7)c34)c65)CC1. The number of carbonyl (C=O) groups is 2. The number of anilines is 1. The third-order valence-electron chi connectivity index (χ3n) is 13.6. The second-order valence-electron chi connectivity index (χ2n) is 17.0. The first kappa shape index (κ1) is 40.8. The van der Waals surface area contributed by atoms with Crippen LogP contribution in [0.2, 0.25) is 0 Å². The molecular weight excluding hydrogens is 751 g/mol. The number of hydrogen-bond donors (Lipinski definition) is 4. The molecule has 0 bridgehead atoms. The van der Waals surface area contributed by atoms with E-state index in [-0.39, 0.29) is 46.3 Å². The van der Waals surface area contributed by atoms with Crippen molar-refractivity contribution in [1.82, 2.24) is 0 Å². The van der Waals surface area contributed by atoms with Crippen LogP contribution in [-0.2, 0) is 45.1 Å². The molecule has 0 atom stereocenters. The maximum Gasteiger partial charge on any atom is 0.308 e.